The first-order chi connectivity index (χ1) is 9.04. The normalized spacial score (nSPS) is 23.3. The Labute approximate surface area is 114 Å². The predicted molar refractivity (Wildman–Crippen MR) is 75.2 cm³/mol. The first-order valence-corrected chi connectivity index (χ1v) is 7.07. The molecule has 0 saturated carbocycles. The summed E-state index contributed by atoms with van der Waals surface area (Å²) in [5, 5.41) is 10.8. The second-order valence-corrected chi connectivity index (χ2v) is 5.76. The minimum atomic E-state index is -0.0192. The van der Waals surface area contributed by atoms with E-state index in [1.165, 1.54) is 6.42 Å². The number of aryl methyl sites for hydroxylation is 2. The first-order valence-electron chi connectivity index (χ1n) is 7.07. The summed E-state index contributed by atoms with van der Waals surface area (Å²) in [5.74, 6) is -0.0192. The number of nitrogens with one attached hydrogen (secondary N) is 2. The Balaban J connectivity index is 1.97. The second-order valence-electron chi connectivity index (χ2n) is 5.76. The molecule has 1 aliphatic rings. The van der Waals surface area contributed by atoms with Crippen LogP contribution in [0.5, 0.6) is 0 Å². The van der Waals surface area contributed by atoms with E-state index in [9.17, 15) is 4.79 Å². The van der Waals surface area contributed by atoms with Crippen molar-refractivity contribution in [2.24, 2.45) is 5.41 Å². The van der Waals surface area contributed by atoms with Gasteiger partial charge in [-0.25, -0.2) is 0 Å². The van der Waals surface area contributed by atoms with Crippen LogP contribution in [-0.2, 0) is 6.54 Å². The fourth-order valence-electron chi connectivity index (χ4n) is 2.62. The van der Waals surface area contributed by atoms with Gasteiger partial charge in [-0.3, -0.25) is 9.48 Å². The van der Waals surface area contributed by atoms with E-state index in [1.54, 1.807) is 4.68 Å². The molecule has 1 atom stereocenters. The number of piperidine rings is 1. The molecule has 0 spiro atoms. The number of carbonyl (C=O) groups is 1. The Morgan fingerprint density at radius 1 is 1.63 bits per heavy atom. The Kier molecular flexibility index (Phi) is 4.24. The van der Waals surface area contributed by atoms with Gasteiger partial charge in [-0.15, -0.1) is 0 Å². The molecule has 0 radical (unpaired) electrons. The van der Waals surface area contributed by atoms with Gasteiger partial charge in [0.15, 0.2) is 0 Å². The van der Waals surface area contributed by atoms with Crippen LogP contribution < -0.4 is 10.6 Å². The van der Waals surface area contributed by atoms with Crippen molar-refractivity contribution < 1.29 is 4.79 Å². The van der Waals surface area contributed by atoms with Crippen LogP contribution in [0.15, 0.2) is 6.07 Å². The molecule has 2 heterocycles. The van der Waals surface area contributed by atoms with Crippen LogP contribution in [0.4, 0.5) is 0 Å². The lowest BCUT2D eigenvalue weighted by Crippen LogP contribution is -2.45. The highest BCUT2D eigenvalue weighted by Gasteiger charge is 2.27. The minimum Gasteiger partial charge on any atom is -0.350 e. The third-order valence-electron chi connectivity index (χ3n) is 3.80. The lowest BCUT2D eigenvalue weighted by atomic mass is 9.83. The van der Waals surface area contributed by atoms with Crippen molar-refractivity contribution in [3.63, 3.8) is 0 Å². The van der Waals surface area contributed by atoms with Crippen LogP contribution in [0.2, 0.25) is 0 Å². The summed E-state index contributed by atoms with van der Waals surface area (Å²) in [6.45, 7) is 9.62. The van der Waals surface area contributed by atoms with Crippen molar-refractivity contribution in [3.8, 4) is 0 Å². The maximum atomic E-state index is 12.2. The van der Waals surface area contributed by atoms with Gasteiger partial charge in [0.2, 0.25) is 0 Å². The van der Waals surface area contributed by atoms with E-state index < -0.39 is 0 Å². The first kappa shape index (κ1) is 14.1. The molecule has 2 N–H and O–H groups in total. The summed E-state index contributed by atoms with van der Waals surface area (Å²) in [4.78, 5) is 12.2. The predicted octanol–water partition coefficient (Wildman–Crippen LogP) is 1.33. The third-order valence-corrected chi connectivity index (χ3v) is 3.80. The Morgan fingerprint density at radius 3 is 3.05 bits per heavy atom. The number of rotatable bonds is 4. The molecule has 5 heteroatoms. The monoisotopic (exact) mass is 264 g/mol. The largest absolute Gasteiger partial charge is 0.350 e. The van der Waals surface area contributed by atoms with Crippen molar-refractivity contribution in [1.29, 1.82) is 0 Å². The van der Waals surface area contributed by atoms with Gasteiger partial charge >= 0.3 is 0 Å². The number of carbonyl (C=O) groups excluding carboxylic acids is 1. The maximum Gasteiger partial charge on any atom is 0.269 e. The second kappa shape index (κ2) is 5.74. The Hall–Kier alpha value is -1.36. The number of hydrogen-bond acceptors (Lipinski definition) is 3. The molecule has 1 aliphatic heterocycles. The van der Waals surface area contributed by atoms with Crippen molar-refractivity contribution in [2.75, 3.05) is 19.6 Å². The van der Waals surface area contributed by atoms with Gasteiger partial charge in [-0.05, 0) is 44.7 Å². The zero-order valence-electron chi connectivity index (χ0n) is 12.1. The van der Waals surface area contributed by atoms with Gasteiger partial charge in [0.1, 0.15) is 5.69 Å². The SMILES string of the molecule is CCn1nc(C)cc1C(=O)NCC1(C)CCCNC1. The summed E-state index contributed by atoms with van der Waals surface area (Å²) in [7, 11) is 0. The topological polar surface area (TPSA) is 59.0 Å². The van der Waals surface area contributed by atoms with Crippen molar-refractivity contribution in [3.05, 3.63) is 17.5 Å². The smallest absolute Gasteiger partial charge is 0.269 e. The van der Waals surface area contributed by atoms with Gasteiger partial charge in [-0.1, -0.05) is 6.92 Å². The molecule has 0 bridgehead atoms. The highest BCUT2D eigenvalue weighted by Crippen LogP contribution is 2.24. The molecule has 19 heavy (non-hydrogen) atoms. The number of nitrogens with zero attached hydrogens (tertiary/aromatic N) is 2. The number of amides is 1. The van der Waals surface area contributed by atoms with E-state index in [4.69, 9.17) is 0 Å². The summed E-state index contributed by atoms with van der Waals surface area (Å²) in [5.41, 5.74) is 1.71. The van der Waals surface area contributed by atoms with Gasteiger partial charge in [0.25, 0.3) is 5.91 Å². The Morgan fingerprint density at radius 2 is 2.42 bits per heavy atom. The van der Waals surface area contributed by atoms with Crippen molar-refractivity contribution in [1.82, 2.24) is 20.4 Å². The van der Waals surface area contributed by atoms with Gasteiger partial charge < -0.3 is 10.6 Å². The molecule has 1 aromatic heterocycles. The maximum absolute atomic E-state index is 12.2. The average molecular weight is 264 g/mol. The van der Waals surface area contributed by atoms with E-state index >= 15 is 0 Å². The number of aromatic nitrogens is 2. The van der Waals surface area contributed by atoms with E-state index in [0.717, 1.165) is 31.7 Å². The molecule has 106 valence electrons. The van der Waals surface area contributed by atoms with E-state index in [0.29, 0.717) is 12.2 Å². The molecule has 5 nitrogen and oxygen atoms in total. The minimum absolute atomic E-state index is 0.0192. The summed E-state index contributed by atoms with van der Waals surface area (Å²) in [6.07, 6.45) is 2.34. The van der Waals surface area contributed by atoms with E-state index in [-0.39, 0.29) is 11.3 Å². The summed E-state index contributed by atoms with van der Waals surface area (Å²) in [6, 6.07) is 1.85. The van der Waals surface area contributed by atoms with Crippen LogP contribution in [0.3, 0.4) is 0 Å². The molecule has 1 aromatic rings. The molecular formula is C14H24N4O. The molecule has 1 saturated heterocycles. The molecule has 1 fully saturated rings. The summed E-state index contributed by atoms with van der Waals surface area (Å²) < 4.78 is 1.76. The van der Waals surface area contributed by atoms with Crippen LogP contribution in [-0.4, -0.2) is 35.3 Å². The number of hydrogen-bond donors (Lipinski definition) is 2. The fraction of sp³-hybridized carbons (Fsp3) is 0.714. The van der Waals surface area contributed by atoms with Crippen molar-refractivity contribution >= 4 is 5.91 Å². The zero-order chi connectivity index (χ0) is 13.9. The molecular weight excluding hydrogens is 240 g/mol. The van der Waals surface area contributed by atoms with Crippen LogP contribution in [0, 0.1) is 12.3 Å². The van der Waals surface area contributed by atoms with Gasteiger partial charge in [0.05, 0.1) is 5.69 Å². The Bertz CT molecular complexity index is 446. The third kappa shape index (κ3) is 3.35. The van der Waals surface area contributed by atoms with Crippen molar-refractivity contribution in [2.45, 2.75) is 40.2 Å². The fourth-order valence-corrected chi connectivity index (χ4v) is 2.62. The van der Waals surface area contributed by atoms with E-state index in [2.05, 4.69) is 22.7 Å². The van der Waals surface area contributed by atoms with Crippen LogP contribution in [0.25, 0.3) is 0 Å². The molecule has 0 aromatic carbocycles. The van der Waals surface area contributed by atoms with Gasteiger partial charge in [-0.2, -0.15) is 5.10 Å². The molecule has 1 amide bonds. The molecule has 1 unspecified atom stereocenters. The highest BCUT2D eigenvalue weighted by molar-refractivity contribution is 5.92. The van der Waals surface area contributed by atoms with E-state index in [1.807, 2.05) is 19.9 Å². The summed E-state index contributed by atoms with van der Waals surface area (Å²) >= 11 is 0. The lowest BCUT2D eigenvalue weighted by molar-refractivity contribution is 0.0914. The lowest BCUT2D eigenvalue weighted by Gasteiger charge is -2.34. The van der Waals surface area contributed by atoms with Crippen LogP contribution >= 0.6 is 0 Å². The standard InChI is InChI=1S/C14H24N4O/c1-4-18-12(8-11(2)17-18)13(19)16-10-14(3)6-5-7-15-9-14/h8,15H,4-7,9-10H2,1-3H3,(H,16,19). The highest BCUT2D eigenvalue weighted by atomic mass is 16.2. The molecule has 0 aliphatic carbocycles. The quantitative estimate of drug-likeness (QED) is 0.862. The molecule has 2 rings (SSSR count). The zero-order valence-corrected chi connectivity index (χ0v) is 12.1. The van der Waals surface area contributed by atoms with Gasteiger partial charge in [0, 0.05) is 19.6 Å². The average Bonchev–Trinajstić information content (AvgIpc) is 2.78. The van der Waals surface area contributed by atoms with Crippen LogP contribution in [0.1, 0.15) is 42.9 Å².